The Balaban J connectivity index is 1.42. The van der Waals surface area contributed by atoms with Gasteiger partial charge in [-0.2, -0.15) is 0 Å². The molecule has 0 fully saturated rings. The van der Waals surface area contributed by atoms with Crippen molar-refractivity contribution in [2.75, 3.05) is 16.2 Å². The zero-order valence-corrected chi connectivity index (χ0v) is 19.4. The Morgan fingerprint density at radius 3 is 2.39 bits per heavy atom. The smallest absolute Gasteiger partial charge is 0.236 e. The van der Waals surface area contributed by atoms with E-state index in [-0.39, 0.29) is 11.7 Å². The monoisotopic (exact) mass is 463 g/mol. The molecule has 1 aliphatic heterocycles. The standard InChI is InChI=1S/C26H29N3O3S/c27-18-21-10-8-20(9-11-21)12-15-26(30)29-16-4-7-23-17-24(13-14-25(23)29)28-33(31,32)19-22-5-2-1-3-6-22/h1-3,5-6,8-11,13-14,17,28H,4,7,12,15-16,18-19,27H2. The molecule has 1 heterocycles. The highest BCUT2D eigenvalue weighted by atomic mass is 32.2. The van der Waals surface area contributed by atoms with Crippen molar-refractivity contribution in [2.24, 2.45) is 5.73 Å². The maximum Gasteiger partial charge on any atom is 0.236 e. The molecule has 33 heavy (non-hydrogen) atoms. The first kappa shape index (κ1) is 23.0. The van der Waals surface area contributed by atoms with Crippen molar-refractivity contribution >= 4 is 27.3 Å². The molecule has 0 aliphatic carbocycles. The molecule has 0 saturated carbocycles. The molecule has 0 atom stereocenters. The summed E-state index contributed by atoms with van der Waals surface area (Å²) < 4.78 is 27.9. The van der Waals surface area contributed by atoms with Gasteiger partial charge in [0.15, 0.2) is 0 Å². The van der Waals surface area contributed by atoms with Gasteiger partial charge in [-0.1, -0.05) is 54.6 Å². The number of carbonyl (C=O) groups is 1. The van der Waals surface area contributed by atoms with E-state index in [1.165, 1.54) is 0 Å². The van der Waals surface area contributed by atoms with Crippen LogP contribution in [-0.4, -0.2) is 20.9 Å². The Bertz CT molecular complexity index is 1210. The average molecular weight is 464 g/mol. The van der Waals surface area contributed by atoms with Crippen molar-refractivity contribution in [3.63, 3.8) is 0 Å². The Labute approximate surface area is 195 Å². The number of sulfonamides is 1. The third-order valence-corrected chi connectivity index (χ3v) is 7.12. The summed E-state index contributed by atoms with van der Waals surface area (Å²) in [5, 5.41) is 0. The fourth-order valence-electron chi connectivity index (χ4n) is 4.16. The van der Waals surface area contributed by atoms with Gasteiger partial charge in [0.05, 0.1) is 5.75 Å². The minimum atomic E-state index is -3.53. The lowest BCUT2D eigenvalue weighted by molar-refractivity contribution is -0.118. The molecule has 172 valence electrons. The summed E-state index contributed by atoms with van der Waals surface area (Å²) in [7, 11) is -3.53. The van der Waals surface area contributed by atoms with Crippen molar-refractivity contribution in [2.45, 2.75) is 38.0 Å². The van der Waals surface area contributed by atoms with E-state index in [2.05, 4.69) is 4.72 Å². The van der Waals surface area contributed by atoms with Crippen LogP contribution < -0.4 is 15.4 Å². The Hall–Kier alpha value is -3.16. The quantitative estimate of drug-likeness (QED) is 0.528. The summed E-state index contributed by atoms with van der Waals surface area (Å²) in [6.07, 6.45) is 2.76. The van der Waals surface area contributed by atoms with Gasteiger partial charge in [-0.25, -0.2) is 8.42 Å². The van der Waals surface area contributed by atoms with E-state index in [1.54, 1.807) is 18.2 Å². The second-order valence-electron chi connectivity index (χ2n) is 8.36. The number of nitrogens with one attached hydrogen (secondary N) is 1. The molecule has 0 aromatic heterocycles. The van der Waals surface area contributed by atoms with Gasteiger partial charge < -0.3 is 10.6 Å². The van der Waals surface area contributed by atoms with Crippen LogP contribution in [0.4, 0.5) is 11.4 Å². The highest BCUT2D eigenvalue weighted by Gasteiger charge is 2.23. The predicted molar refractivity (Wildman–Crippen MR) is 132 cm³/mol. The Morgan fingerprint density at radius 2 is 1.67 bits per heavy atom. The number of benzene rings is 3. The van der Waals surface area contributed by atoms with Gasteiger partial charge in [0.25, 0.3) is 0 Å². The van der Waals surface area contributed by atoms with Crippen molar-refractivity contribution in [1.29, 1.82) is 0 Å². The molecule has 4 rings (SSSR count). The SMILES string of the molecule is NCc1ccc(CCC(=O)N2CCCc3cc(NS(=O)(=O)Cc4ccccc4)ccc32)cc1. The minimum absolute atomic E-state index is 0.0799. The van der Waals surface area contributed by atoms with Crippen LogP contribution in [0.1, 0.15) is 35.1 Å². The Morgan fingerprint density at radius 1 is 0.939 bits per heavy atom. The fourth-order valence-corrected chi connectivity index (χ4v) is 5.35. The van der Waals surface area contributed by atoms with Crippen molar-refractivity contribution in [3.8, 4) is 0 Å². The maximum atomic E-state index is 13.0. The van der Waals surface area contributed by atoms with E-state index in [1.807, 2.05) is 59.5 Å². The number of fused-ring (bicyclic) bond motifs is 1. The van der Waals surface area contributed by atoms with Crippen LogP contribution in [0.2, 0.25) is 0 Å². The van der Waals surface area contributed by atoms with Gasteiger partial charge >= 0.3 is 0 Å². The van der Waals surface area contributed by atoms with Gasteiger partial charge in [0.1, 0.15) is 0 Å². The molecule has 0 spiro atoms. The number of nitrogens with two attached hydrogens (primary N) is 1. The molecule has 6 nitrogen and oxygen atoms in total. The molecular weight excluding hydrogens is 434 g/mol. The number of rotatable bonds is 8. The zero-order chi connectivity index (χ0) is 23.3. The zero-order valence-electron chi connectivity index (χ0n) is 18.5. The van der Waals surface area contributed by atoms with Crippen LogP contribution in [0, 0.1) is 0 Å². The molecular formula is C26H29N3O3S. The van der Waals surface area contributed by atoms with E-state index < -0.39 is 10.0 Å². The molecule has 0 radical (unpaired) electrons. The van der Waals surface area contributed by atoms with E-state index >= 15 is 0 Å². The first-order valence-corrected chi connectivity index (χ1v) is 12.8. The number of carbonyl (C=O) groups excluding carboxylic acids is 1. The van der Waals surface area contributed by atoms with Gasteiger partial charge in [0, 0.05) is 30.9 Å². The summed E-state index contributed by atoms with van der Waals surface area (Å²) in [6.45, 7) is 1.19. The predicted octanol–water partition coefficient (Wildman–Crippen LogP) is 4.00. The highest BCUT2D eigenvalue weighted by Crippen LogP contribution is 2.31. The minimum Gasteiger partial charge on any atom is -0.326 e. The number of hydrogen-bond donors (Lipinski definition) is 2. The summed E-state index contributed by atoms with van der Waals surface area (Å²) >= 11 is 0. The number of amides is 1. The van der Waals surface area contributed by atoms with Gasteiger partial charge in [-0.05, 0) is 59.7 Å². The van der Waals surface area contributed by atoms with E-state index in [0.29, 0.717) is 31.6 Å². The third kappa shape index (κ3) is 6.00. The highest BCUT2D eigenvalue weighted by molar-refractivity contribution is 7.91. The second-order valence-corrected chi connectivity index (χ2v) is 10.1. The van der Waals surface area contributed by atoms with Gasteiger partial charge in [-0.3, -0.25) is 9.52 Å². The fraction of sp³-hybridized carbons (Fsp3) is 0.269. The average Bonchev–Trinajstić information content (AvgIpc) is 2.82. The van der Waals surface area contributed by atoms with Crippen LogP contribution in [0.3, 0.4) is 0 Å². The summed E-state index contributed by atoms with van der Waals surface area (Å²) in [5.41, 5.74) is 11.0. The van der Waals surface area contributed by atoms with Crippen molar-refractivity contribution in [1.82, 2.24) is 0 Å². The van der Waals surface area contributed by atoms with Gasteiger partial charge in [0.2, 0.25) is 15.9 Å². The lowest BCUT2D eigenvalue weighted by atomic mass is 10.00. The summed E-state index contributed by atoms with van der Waals surface area (Å²) in [4.78, 5) is 14.8. The van der Waals surface area contributed by atoms with Crippen molar-refractivity contribution < 1.29 is 13.2 Å². The van der Waals surface area contributed by atoms with Crippen molar-refractivity contribution in [3.05, 3.63) is 95.1 Å². The lowest BCUT2D eigenvalue weighted by Crippen LogP contribution is -2.35. The largest absolute Gasteiger partial charge is 0.326 e. The first-order valence-electron chi connectivity index (χ1n) is 11.2. The number of nitrogens with zero attached hydrogens (tertiary/aromatic N) is 1. The maximum absolute atomic E-state index is 13.0. The van der Waals surface area contributed by atoms with Crippen LogP contribution in [0.5, 0.6) is 0 Å². The van der Waals surface area contributed by atoms with Crippen LogP contribution >= 0.6 is 0 Å². The van der Waals surface area contributed by atoms with Crippen LogP contribution in [0.25, 0.3) is 0 Å². The molecule has 3 aromatic carbocycles. The van der Waals surface area contributed by atoms with E-state index in [4.69, 9.17) is 5.73 Å². The molecule has 3 aromatic rings. The molecule has 0 unspecified atom stereocenters. The van der Waals surface area contributed by atoms with Crippen LogP contribution in [-0.2, 0) is 40.0 Å². The number of anilines is 2. The number of aryl methyl sites for hydroxylation is 2. The summed E-state index contributed by atoms with van der Waals surface area (Å²) in [5.74, 6) is -0.00168. The topological polar surface area (TPSA) is 92.5 Å². The van der Waals surface area contributed by atoms with Gasteiger partial charge in [-0.15, -0.1) is 0 Å². The number of hydrogen-bond acceptors (Lipinski definition) is 4. The Kier molecular flexibility index (Phi) is 7.11. The summed E-state index contributed by atoms with van der Waals surface area (Å²) in [6, 6.07) is 22.6. The van der Waals surface area contributed by atoms with E-state index in [9.17, 15) is 13.2 Å². The first-order chi connectivity index (χ1) is 15.9. The second kappa shape index (κ2) is 10.2. The normalized spacial score (nSPS) is 13.4. The third-order valence-electron chi connectivity index (χ3n) is 5.86. The molecule has 3 N–H and O–H groups in total. The molecule has 0 bridgehead atoms. The molecule has 0 saturated heterocycles. The molecule has 7 heteroatoms. The van der Waals surface area contributed by atoms with Crippen LogP contribution in [0.15, 0.2) is 72.8 Å². The van der Waals surface area contributed by atoms with E-state index in [0.717, 1.165) is 40.8 Å². The molecule has 1 amide bonds. The molecule has 1 aliphatic rings. The lowest BCUT2D eigenvalue weighted by Gasteiger charge is -2.30.